The zero-order valence-electron chi connectivity index (χ0n) is 15.2. The van der Waals surface area contributed by atoms with Crippen molar-refractivity contribution in [2.45, 2.75) is 25.9 Å². The van der Waals surface area contributed by atoms with Crippen molar-refractivity contribution in [1.29, 1.82) is 0 Å². The van der Waals surface area contributed by atoms with Gasteiger partial charge in [0.15, 0.2) is 11.8 Å². The molecule has 140 valence electrons. The lowest BCUT2D eigenvalue weighted by Crippen LogP contribution is -2.34. The van der Waals surface area contributed by atoms with Gasteiger partial charge in [-0.25, -0.2) is 18.8 Å². The van der Waals surface area contributed by atoms with Crippen LogP contribution in [0.4, 0.5) is 8.78 Å². The Kier molecular flexibility index (Phi) is 4.42. The van der Waals surface area contributed by atoms with Crippen LogP contribution in [0.1, 0.15) is 37.1 Å². The molecule has 0 N–H and O–H groups in total. The number of halogens is 2. The highest BCUT2D eigenvalue weighted by Gasteiger charge is 2.41. The molecule has 2 aliphatic rings. The van der Waals surface area contributed by atoms with Crippen molar-refractivity contribution in [1.82, 2.24) is 0 Å². The van der Waals surface area contributed by atoms with E-state index >= 15 is 0 Å². The summed E-state index contributed by atoms with van der Waals surface area (Å²) in [4.78, 5) is 9.35. The van der Waals surface area contributed by atoms with Gasteiger partial charge < -0.3 is 9.47 Å². The average Bonchev–Trinajstić information content (AvgIpc) is 3.34. The maximum Gasteiger partial charge on any atom is 0.199 e. The van der Waals surface area contributed by atoms with Crippen molar-refractivity contribution < 1.29 is 18.3 Å². The monoisotopic (exact) mass is 370 g/mol. The van der Waals surface area contributed by atoms with Crippen LogP contribution in [0.5, 0.6) is 0 Å². The predicted molar refractivity (Wildman–Crippen MR) is 98.8 cm³/mol. The van der Waals surface area contributed by atoms with Gasteiger partial charge in [0.1, 0.15) is 42.3 Å². The lowest BCUT2D eigenvalue weighted by molar-refractivity contribution is 0.264. The third-order valence-corrected chi connectivity index (χ3v) is 4.88. The Hall–Kier alpha value is -2.76. The van der Waals surface area contributed by atoms with Gasteiger partial charge in [-0.05, 0) is 49.2 Å². The number of aliphatic imine (C=N–C) groups is 2. The van der Waals surface area contributed by atoms with Gasteiger partial charge in [-0.1, -0.05) is 24.3 Å². The van der Waals surface area contributed by atoms with E-state index in [4.69, 9.17) is 9.47 Å². The molecule has 2 heterocycles. The van der Waals surface area contributed by atoms with Gasteiger partial charge >= 0.3 is 0 Å². The van der Waals surface area contributed by atoms with E-state index in [9.17, 15) is 8.78 Å². The van der Waals surface area contributed by atoms with Crippen molar-refractivity contribution in [3.63, 3.8) is 0 Å². The lowest BCUT2D eigenvalue weighted by atomic mass is 9.93. The number of rotatable bonds is 4. The molecule has 2 atom stereocenters. The second kappa shape index (κ2) is 6.76. The molecular formula is C21H20F2N2O2. The molecule has 0 unspecified atom stereocenters. The SMILES string of the molecule is CC(C)(C1=N[C@H](c2ccc(F)cc2)CO1)C1=N[C@H](c2ccc(F)cc2)CO1. The van der Waals surface area contributed by atoms with E-state index in [1.807, 2.05) is 13.8 Å². The summed E-state index contributed by atoms with van der Waals surface area (Å²) in [6.07, 6.45) is 0. The summed E-state index contributed by atoms with van der Waals surface area (Å²) < 4.78 is 37.9. The van der Waals surface area contributed by atoms with Crippen molar-refractivity contribution in [3.05, 3.63) is 71.3 Å². The molecule has 6 heteroatoms. The fraction of sp³-hybridized carbons (Fsp3) is 0.333. The van der Waals surface area contributed by atoms with Crippen molar-refractivity contribution in [2.75, 3.05) is 13.2 Å². The summed E-state index contributed by atoms with van der Waals surface area (Å²) in [5, 5.41) is 0. The van der Waals surface area contributed by atoms with E-state index < -0.39 is 5.41 Å². The number of nitrogens with zero attached hydrogens (tertiary/aromatic N) is 2. The first-order valence-electron chi connectivity index (χ1n) is 8.86. The summed E-state index contributed by atoms with van der Waals surface area (Å²) in [6.45, 7) is 4.70. The van der Waals surface area contributed by atoms with Crippen molar-refractivity contribution >= 4 is 11.8 Å². The molecule has 0 bridgehead atoms. The molecule has 2 aromatic carbocycles. The van der Waals surface area contributed by atoms with E-state index in [0.29, 0.717) is 25.0 Å². The molecule has 0 saturated carbocycles. The maximum atomic E-state index is 13.1. The Morgan fingerprint density at radius 2 is 1.11 bits per heavy atom. The Morgan fingerprint density at radius 3 is 1.48 bits per heavy atom. The molecule has 2 aliphatic heterocycles. The normalized spacial score (nSPS) is 22.1. The Labute approximate surface area is 156 Å². The van der Waals surface area contributed by atoms with E-state index in [-0.39, 0.29) is 23.7 Å². The molecule has 0 aromatic heterocycles. The van der Waals surface area contributed by atoms with Crippen LogP contribution < -0.4 is 0 Å². The summed E-state index contributed by atoms with van der Waals surface area (Å²) in [5.74, 6) is 0.552. The number of hydrogen-bond acceptors (Lipinski definition) is 4. The molecule has 0 radical (unpaired) electrons. The predicted octanol–water partition coefficient (Wildman–Crippen LogP) is 4.63. The zero-order valence-corrected chi connectivity index (χ0v) is 15.2. The third-order valence-electron chi connectivity index (χ3n) is 4.88. The topological polar surface area (TPSA) is 43.2 Å². The molecule has 0 aliphatic carbocycles. The van der Waals surface area contributed by atoms with Gasteiger partial charge in [-0.15, -0.1) is 0 Å². The number of ether oxygens (including phenoxy) is 2. The van der Waals surface area contributed by atoms with Gasteiger partial charge in [0.05, 0.1) is 0 Å². The summed E-state index contributed by atoms with van der Waals surface area (Å²) in [7, 11) is 0. The quantitative estimate of drug-likeness (QED) is 0.787. The van der Waals surface area contributed by atoms with Gasteiger partial charge in [-0.2, -0.15) is 0 Å². The third kappa shape index (κ3) is 3.44. The number of benzene rings is 2. The minimum absolute atomic E-state index is 0.172. The highest BCUT2D eigenvalue weighted by Crippen LogP contribution is 2.35. The van der Waals surface area contributed by atoms with Crippen molar-refractivity contribution in [3.8, 4) is 0 Å². The molecule has 2 aromatic rings. The zero-order chi connectivity index (χ0) is 19.0. The standard InChI is InChI=1S/C21H20F2N2O2/c1-21(2,19-24-17(11-26-19)13-3-7-15(22)8-4-13)20-25-18(12-27-20)14-5-9-16(23)10-6-14/h3-10,17-18H,11-12H2,1-2H3/t17-,18-/m0/s1. The first kappa shape index (κ1) is 17.6. The van der Waals surface area contributed by atoms with Gasteiger partial charge in [0, 0.05) is 0 Å². The fourth-order valence-electron chi connectivity index (χ4n) is 3.23. The van der Waals surface area contributed by atoms with E-state index in [2.05, 4.69) is 9.98 Å². The highest BCUT2D eigenvalue weighted by atomic mass is 19.1. The average molecular weight is 370 g/mol. The summed E-state index contributed by atoms with van der Waals surface area (Å²) in [6, 6.07) is 12.2. The largest absolute Gasteiger partial charge is 0.478 e. The van der Waals surface area contributed by atoms with Crippen molar-refractivity contribution in [2.24, 2.45) is 15.4 Å². The molecule has 0 amide bonds. The second-order valence-electron chi connectivity index (χ2n) is 7.25. The van der Waals surface area contributed by atoms with E-state index in [1.165, 1.54) is 24.3 Å². The minimum atomic E-state index is -0.621. The molecule has 0 spiro atoms. The van der Waals surface area contributed by atoms with Crippen LogP contribution in [-0.4, -0.2) is 25.0 Å². The number of hydrogen-bond donors (Lipinski definition) is 0. The van der Waals surface area contributed by atoms with Crippen LogP contribution in [0.15, 0.2) is 58.5 Å². The van der Waals surface area contributed by atoms with Gasteiger partial charge in [0.25, 0.3) is 0 Å². The summed E-state index contributed by atoms with van der Waals surface area (Å²) >= 11 is 0. The Bertz CT molecular complexity index is 816. The Balaban J connectivity index is 1.54. The lowest BCUT2D eigenvalue weighted by Gasteiger charge is -2.22. The summed E-state index contributed by atoms with van der Waals surface area (Å²) in [5.41, 5.74) is 1.19. The van der Waals surface area contributed by atoms with Crippen LogP contribution in [0, 0.1) is 17.0 Å². The van der Waals surface area contributed by atoms with Gasteiger partial charge in [0.2, 0.25) is 0 Å². The van der Waals surface area contributed by atoms with Crippen LogP contribution in [0.3, 0.4) is 0 Å². The molecule has 4 nitrogen and oxygen atoms in total. The highest BCUT2D eigenvalue weighted by molar-refractivity contribution is 6.05. The van der Waals surface area contributed by atoms with Crippen LogP contribution in [0.25, 0.3) is 0 Å². The van der Waals surface area contributed by atoms with E-state index in [1.54, 1.807) is 24.3 Å². The molecule has 0 fully saturated rings. The Morgan fingerprint density at radius 1 is 0.741 bits per heavy atom. The fourth-order valence-corrected chi connectivity index (χ4v) is 3.23. The van der Waals surface area contributed by atoms with E-state index in [0.717, 1.165) is 11.1 Å². The van der Waals surface area contributed by atoms with Crippen LogP contribution in [0.2, 0.25) is 0 Å². The van der Waals surface area contributed by atoms with Crippen LogP contribution >= 0.6 is 0 Å². The maximum absolute atomic E-state index is 13.1. The molecular weight excluding hydrogens is 350 g/mol. The molecule has 27 heavy (non-hydrogen) atoms. The molecule has 4 rings (SSSR count). The van der Waals surface area contributed by atoms with Gasteiger partial charge in [-0.3, -0.25) is 0 Å². The van der Waals surface area contributed by atoms with Crippen LogP contribution in [-0.2, 0) is 9.47 Å². The first-order valence-corrected chi connectivity index (χ1v) is 8.86. The minimum Gasteiger partial charge on any atom is -0.478 e. The smallest absolute Gasteiger partial charge is 0.199 e. The first-order chi connectivity index (χ1) is 12.9. The molecule has 0 saturated heterocycles. The second-order valence-corrected chi connectivity index (χ2v) is 7.25.